The van der Waals surface area contributed by atoms with Gasteiger partial charge in [-0.15, -0.1) is 0 Å². The molecule has 356 valence electrons. The molecule has 0 aromatic rings. The second-order valence-corrected chi connectivity index (χ2v) is 17.1. The molecule has 6 heteroatoms. The van der Waals surface area contributed by atoms with Crippen LogP contribution < -0.4 is 0 Å². The van der Waals surface area contributed by atoms with E-state index in [4.69, 9.17) is 14.2 Å². The normalized spacial score (nSPS) is 12.6. The van der Waals surface area contributed by atoms with E-state index in [9.17, 15) is 14.4 Å². The summed E-state index contributed by atoms with van der Waals surface area (Å²) in [7, 11) is 0. The van der Waals surface area contributed by atoms with Gasteiger partial charge in [-0.3, -0.25) is 14.4 Å². The van der Waals surface area contributed by atoms with Crippen LogP contribution in [0.2, 0.25) is 0 Å². The Kier molecular flexibility index (Phi) is 47.9. The van der Waals surface area contributed by atoms with E-state index in [1.54, 1.807) is 0 Å². The van der Waals surface area contributed by atoms with Gasteiger partial charge in [0.25, 0.3) is 0 Å². The zero-order valence-corrected chi connectivity index (χ0v) is 40.6. The standard InChI is InChI=1S/C56H96O6/c1-4-7-10-13-16-19-22-25-27-28-29-32-34-37-40-43-46-49-55(58)61-52-53(51-60-54(57)48-45-42-39-36-33-30-24-21-18-15-12-9-6-3)62-56(59)50-47-44-41-38-35-31-26-23-20-17-14-11-8-5-2/h16,19,21,23-27,29,32,37,40,53H,4-15,17-18,20,22,28,30-31,33-36,38-39,41-52H2,1-3H3/b19-16+,24-21+,26-23+,27-25+,32-29+,40-37+/t53-/m1/s1. The van der Waals surface area contributed by atoms with Gasteiger partial charge in [-0.25, -0.2) is 0 Å². The maximum atomic E-state index is 12.8. The number of hydrogen-bond donors (Lipinski definition) is 0. The number of ether oxygens (including phenoxy) is 3. The van der Waals surface area contributed by atoms with Crippen molar-refractivity contribution in [3.63, 3.8) is 0 Å². The zero-order chi connectivity index (χ0) is 45.1. The Morgan fingerprint density at radius 2 is 0.597 bits per heavy atom. The molecule has 0 amide bonds. The van der Waals surface area contributed by atoms with Gasteiger partial charge in [-0.1, -0.05) is 190 Å². The summed E-state index contributed by atoms with van der Waals surface area (Å²) in [5.41, 5.74) is 0. The summed E-state index contributed by atoms with van der Waals surface area (Å²) in [5.74, 6) is -0.974. The van der Waals surface area contributed by atoms with Gasteiger partial charge in [0.1, 0.15) is 13.2 Å². The highest BCUT2D eigenvalue weighted by Gasteiger charge is 2.19. The van der Waals surface area contributed by atoms with Crippen molar-refractivity contribution in [3.05, 3.63) is 72.9 Å². The predicted molar refractivity (Wildman–Crippen MR) is 265 cm³/mol. The summed E-state index contributed by atoms with van der Waals surface area (Å²) in [5, 5.41) is 0. The molecular formula is C56H96O6. The molecule has 0 aliphatic carbocycles. The first-order valence-corrected chi connectivity index (χ1v) is 25.9. The van der Waals surface area contributed by atoms with Gasteiger partial charge < -0.3 is 14.2 Å². The Bertz CT molecular complexity index is 1180. The molecule has 1 atom stereocenters. The van der Waals surface area contributed by atoms with E-state index in [0.717, 1.165) is 83.5 Å². The van der Waals surface area contributed by atoms with Gasteiger partial charge in [0.05, 0.1) is 0 Å². The van der Waals surface area contributed by atoms with Crippen LogP contribution in [0.25, 0.3) is 0 Å². The van der Waals surface area contributed by atoms with E-state index >= 15 is 0 Å². The van der Waals surface area contributed by atoms with Crippen molar-refractivity contribution in [2.75, 3.05) is 13.2 Å². The first-order chi connectivity index (χ1) is 30.5. The van der Waals surface area contributed by atoms with Crippen molar-refractivity contribution < 1.29 is 28.6 Å². The van der Waals surface area contributed by atoms with E-state index in [1.165, 1.54) is 116 Å². The lowest BCUT2D eigenvalue weighted by molar-refractivity contribution is -0.167. The average Bonchev–Trinajstić information content (AvgIpc) is 3.27. The third kappa shape index (κ3) is 47.9. The lowest BCUT2D eigenvalue weighted by Crippen LogP contribution is -2.30. The first-order valence-electron chi connectivity index (χ1n) is 25.9. The predicted octanol–water partition coefficient (Wildman–Crippen LogP) is 17.0. The van der Waals surface area contributed by atoms with Gasteiger partial charge in [0.15, 0.2) is 6.10 Å². The van der Waals surface area contributed by atoms with Crippen LogP contribution in [0.15, 0.2) is 72.9 Å². The minimum Gasteiger partial charge on any atom is -0.462 e. The van der Waals surface area contributed by atoms with Crippen molar-refractivity contribution in [2.45, 2.75) is 252 Å². The van der Waals surface area contributed by atoms with Crippen molar-refractivity contribution in [1.29, 1.82) is 0 Å². The van der Waals surface area contributed by atoms with Crippen LogP contribution in [0.5, 0.6) is 0 Å². The molecule has 0 aliphatic heterocycles. The van der Waals surface area contributed by atoms with Gasteiger partial charge in [0.2, 0.25) is 0 Å². The summed E-state index contributed by atoms with van der Waals surface area (Å²) < 4.78 is 16.7. The van der Waals surface area contributed by atoms with Crippen molar-refractivity contribution in [2.24, 2.45) is 0 Å². The van der Waals surface area contributed by atoms with Crippen LogP contribution >= 0.6 is 0 Å². The summed E-state index contributed by atoms with van der Waals surface area (Å²) in [6.45, 7) is 6.52. The lowest BCUT2D eigenvalue weighted by Gasteiger charge is -2.18. The molecule has 0 rings (SSSR count). The summed E-state index contributed by atoms with van der Waals surface area (Å²) in [6.07, 6.45) is 63.1. The van der Waals surface area contributed by atoms with Gasteiger partial charge in [-0.05, 0) is 109 Å². The van der Waals surface area contributed by atoms with Crippen LogP contribution in [0.1, 0.15) is 245 Å². The monoisotopic (exact) mass is 865 g/mol. The molecule has 0 bridgehead atoms. The number of hydrogen-bond acceptors (Lipinski definition) is 6. The van der Waals surface area contributed by atoms with Gasteiger partial charge >= 0.3 is 17.9 Å². The van der Waals surface area contributed by atoms with Crippen molar-refractivity contribution in [3.8, 4) is 0 Å². The molecule has 0 fully saturated rings. The molecule has 0 N–H and O–H groups in total. The molecule has 0 radical (unpaired) electrons. The topological polar surface area (TPSA) is 78.9 Å². The SMILES string of the molecule is CCCCC/C=C/C/C=C/C/C=C/C/C=C/CCCC(=O)OC[C@@H](COC(=O)CCCCCCC/C=C/CCCCCC)OC(=O)CCCCCCC/C=C/CCCCCCC. The third-order valence-electron chi connectivity index (χ3n) is 10.9. The largest absolute Gasteiger partial charge is 0.462 e. The molecule has 0 unspecified atom stereocenters. The van der Waals surface area contributed by atoms with Crippen LogP contribution in [-0.2, 0) is 28.6 Å². The van der Waals surface area contributed by atoms with E-state index in [2.05, 4.69) is 93.7 Å². The Morgan fingerprint density at radius 1 is 0.323 bits per heavy atom. The number of rotatable bonds is 46. The smallest absolute Gasteiger partial charge is 0.306 e. The Hall–Kier alpha value is -3.15. The van der Waals surface area contributed by atoms with E-state index in [1.807, 2.05) is 0 Å². The highest BCUT2D eigenvalue weighted by molar-refractivity contribution is 5.71. The quantitative estimate of drug-likeness (QED) is 0.0262. The highest BCUT2D eigenvalue weighted by atomic mass is 16.6. The molecule has 6 nitrogen and oxygen atoms in total. The fourth-order valence-corrected chi connectivity index (χ4v) is 6.95. The number of carbonyl (C=O) groups is 3. The number of carbonyl (C=O) groups excluding carboxylic acids is 3. The summed E-state index contributed by atoms with van der Waals surface area (Å²) in [4.78, 5) is 37.9. The molecule has 0 spiro atoms. The highest BCUT2D eigenvalue weighted by Crippen LogP contribution is 2.13. The van der Waals surface area contributed by atoms with E-state index in [-0.39, 0.29) is 37.5 Å². The fourth-order valence-electron chi connectivity index (χ4n) is 6.95. The van der Waals surface area contributed by atoms with Gasteiger partial charge in [-0.2, -0.15) is 0 Å². The van der Waals surface area contributed by atoms with Crippen LogP contribution in [0, 0.1) is 0 Å². The molecular weight excluding hydrogens is 769 g/mol. The Labute approximate surface area is 382 Å². The van der Waals surface area contributed by atoms with E-state index < -0.39 is 6.10 Å². The fraction of sp³-hybridized carbons (Fsp3) is 0.732. The molecule has 0 aliphatic rings. The number of allylic oxidation sites excluding steroid dienone is 12. The number of unbranched alkanes of at least 4 members (excludes halogenated alkanes) is 23. The Balaban J connectivity index is 4.49. The third-order valence-corrected chi connectivity index (χ3v) is 10.9. The second kappa shape index (κ2) is 50.5. The van der Waals surface area contributed by atoms with Gasteiger partial charge in [0, 0.05) is 19.3 Å². The van der Waals surface area contributed by atoms with Crippen LogP contribution in [-0.4, -0.2) is 37.2 Å². The minimum absolute atomic E-state index is 0.100. The molecule has 0 aromatic heterocycles. The van der Waals surface area contributed by atoms with Crippen molar-refractivity contribution in [1.82, 2.24) is 0 Å². The maximum absolute atomic E-state index is 12.8. The zero-order valence-electron chi connectivity index (χ0n) is 40.6. The average molecular weight is 865 g/mol. The lowest BCUT2D eigenvalue weighted by atomic mass is 10.1. The summed E-state index contributed by atoms with van der Waals surface area (Å²) in [6, 6.07) is 0. The maximum Gasteiger partial charge on any atom is 0.306 e. The van der Waals surface area contributed by atoms with Crippen LogP contribution in [0.4, 0.5) is 0 Å². The minimum atomic E-state index is -0.804. The number of esters is 3. The summed E-state index contributed by atoms with van der Waals surface area (Å²) >= 11 is 0. The van der Waals surface area contributed by atoms with Crippen molar-refractivity contribution >= 4 is 17.9 Å². The first kappa shape index (κ1) is 58.9. The van der Waals surface area contributed by atoms with Crippen LogP contribution in [0.3, 0.4) is 0 Å². The molecule has 0 saturated carbocycles. The molecule has 0 saturated heterocycles. The molecule has 0 heterocycles. The Morgan fingerprint density at radius 3 is 1.03 bits per heavy atom. The molecule has 62 heavy (non-hydrogen) atoms. The second-order valence-electron chi connectivity index (χ2n) is 17.1. The van der Waals surface area contributed by atoms with E-state index in [0.29, 0.717) is 19.3 Å². The molecule has 0 aromatic carbocycles.